The molecule has 2 aromatic rings. The molecule has 1 atom stereocenters. The summed E-state index contributed by atoms with van der Waals surface area (Å²) in [6.45, 7) is 6.64. The van der Waals surface area contributed by atoms with Crippen molar-refractivity contribution in [3.63, 3.8) is 0 Å². The summed E-state index contributed by atoms with van der Waals surface area (Å²) in [6.07, 6.45) is 2.27. The topological polar surface area (TPSA) is 58.6 Å². The Bertz CT molecular complexity index is 823. The van der Waals surface area contributed by atoms with E-state index in [1.54, 1.807) is 11.0 Å². The molecule has 0 unspecified atom stereocenters. The summed E-state index contributed by atoms with van der Waals surface area (Å²) in [5.74, 6) is 0.210. The number of rotatable bonds is 11. The minimum absolute atomic E-state index is 0.145. The van der Waals surface area contributed by atoms with Crippen LogP contribution in [-0.4, -0.2) is 35.9 Å². The third kappa shape index (κ3) is 6.77. The number of amides is 2. The van der Waals surface area contributed by atoms with Gasteiger partial charge in [-0.15, -0.1) is 0 Å². The number of benzene rings is 2. The lowest BCUT2D eigenvalue weighted by molar-refractivity contribution is -0.143. The second-order valence-corrected chi connectivity index (χ2v) is 7.52. The van der Waals surface area contributed by atoms with Gasteiger partial charge in [-0.3, -0.25) is 9.59 Å². The van der Waals surface area contributed by atoms with Gasteiger partial charge in [0.15, 0.2) is 6.61 Å². The minimum Gasteiger partial charge on any atom is -0.484 e. The fourth-order valence-electron chi connectivity index (χ4n) is 3.15. The molecule has 2 amide bonds. The second kappa shape index (κ2) is 12.2. The van der Waals surface area contributed by atoms with Crippen LogP contribution in [-0.2, 0) is 22.6 Å². The Morgan fingerprint density at radius 2 is 1.77 bits per heavy atom. The zero-order valence-electron chi connectivity index (χ0n) is 18.0. The second-order valence-electron chi connectivity index (χ2n) is 7.11. The quantitative estimate of drug-likeness (QED) is 0.566. The van der Waals surface area contributed by atoms with E-state index in [1.807, 2.05) is 56.3 Å². The highest BCUT2D eigenvalue weighted by molar-refractivity contribution is 6.31. The number of hydrogen-bond acceptors (Lipinski definition) is 3. The lowest BCUT2D eigenvalue weighted by Gasteiger charge is -2.30. The first-order valence-electron chi connectivity index (χ1n) is 10.5. The van der Waals surface area contributed by atoms with Crippen molar-refractivity contribution in [3.8, 4) is 5.75 Å². The van der Waals surface area contributed by atoms with E-state index in [1.165, 1.54) is 5.56 Å². The molecular weight excluding hydrogens is 400 g/mol. The molecule has 0 heterocycles. The van der Waals surface area contributed by atoms with Gasteiger partial charge in [0.25, 0.3) is 5.91 Å². The summed E-state index contributed by atoms with van der Waals surface area (Å²) < 4.78 is 5.72. The van der Waals surface area contributed by atoms with Crippen LogP contribution in [0.3, 0.4) is 0 Å². The van der Waals surface area contributed by atoms with Crippen LogP contribution in [0.15, 0.2) is 48.5 Å². The smallest absolute Gasteiger partial charge is 0.261 e. The molecule has 0 spiro atoms. The number of nitrogens with zero attached hydrogens (tertiary/aromatic N) is 1. The van der Waals surface area contributed by atoms with Gasteiger partial charge in [0.05, 0.1) is 0 Å². The van der Waals surface area contributed by atoms with Crippen molar-refractivity contribution in [2.75, 3.05) is 13.2 Å². The van der Waals surface area contributed by atoms with Crippen LogP contribution in [0.4, 0.5) is 0 Å². The summed E-state index contributed by atoms with van der Waals surface area (Å²) >= 11 is 6.32. The number of ether oxygens (including phenoxy) is 1. The van der Waals surface area contributed by atoms with Crippen molar-refractivity contribution in [2.24, 2.45) is 0 Å². The van der Waals surface area contributed by atoms with Crippen LogP contribution in [0.2, 0.25) is 5.02 Å². The summed E-state index contributed by atoms with van der Waals surface area (Å²) in [4.78, 5) is 27.4. The molecule has 30 heavy (non-hydrogen) atoms. The lowest BCUT2D eigenvalue weighted by atomic mass is 10.1. The maximum absolute atomic E-state index is 13.1. The van der Waals surface area contributed by atoms with Crippen LogP contribution < -0.4 is 10.1 Å². The molecule has 0 fully saturated rings. The highest BCUT2D eigenvalue weighted by atomic mass is 35.5. The third-order valence-electron chi connectivity index (χ3n) is 4.93. The van der Waals surface area contributed by atoms with Gasteiger partial charge in [-0.25, -0.2) is 0 Å². The molecular formula is C24H31ClN2O3. The predicted molar refractivity (Wildman–Crippen MR) is 121 cm³/mol. The Hall–Kier alpha value is -2.53. The molecule has 162 valence electrons. The maximum atomic E-state index is 13.1. The average Bonchev–Trinajstić information content (AvgIpc) is 2.77. The van der Waals surface area contributed by atoms with E-state index in [4.69, 9.17) is 16.3 Å². The van der Waals surface area contributed by atoms with E-state index in [9.17, 15) is 9.59 Å². The Morgan fingerprint density at radius 1 is 1.07 bits per heavy atom. The Labute approximate surface area is 184 Å². The molecule has 0 aliphatic heterocycles. The fourth-order valence-corrected chi connectivity index (χ4v) is 3.34. The van der Waals surface area contributed by atoms with Gasteiger partial charge >= 0.3 is 0 Å². The maximum Gasteiger partial charge on any atom is 0.261 e. The Balaban J connectivity index is 2.18. The first kappa shape index (κ1) is 23.7. The van der Waals surface area contributed by atoms with Gasteiger partial charge in [0.2, 0.25) is 5.91 Å². The molecule has 0 aliphatic carbocycles. The van der Waals surface area contributed by atoms with Crippen LogP contribution in [0, 0.1) is 0 Å². The van der Waals surface area contributed by atoms with E-state index < -0.39 is 6.04 Å². The molecule has 0 saturated heterocycles. The molecule has 1 N–H and O–H groups in total. The van der Waals surface area contributed by atoms with Gasteiger partial charge in [-0.05, 0) is 48.6 Å². The molecule has 2 rings (SSSR count). The van der Waals surface area contributed by atoms with Gasteiger partial charge < -0.3 is 15.0 Å². The molecule has 0 aliphatic rings. The van der Waals surface area contributed by atoms with Crippen LogP contribution in [0.5, 0.6) is 5.75 Å². The van der Waals surface area contributed by atoms with Crippen molar-refractivity contribution in [1.29, 1.82) is 0 Å². The molecule has 2 aromatic carbocycles. The van der Waals surface area contributed by atoms with Gasteiger partial charge in [0, 0.05) is 18.1 Å². The predicted octanol–water partition coefficient (Wildman–Crippen LogP) is 4.61. The third-order valence-corrected chi connectivity index (χ3v) is 5.30. The van der Waals surface area contributed by atoms with Crippen LogP contribution in [0.25, 0.3) is 0 Å². The van der Waals surface area contributed by atoms with Crippen molar-refractivity contribution in [3.05, 3.63) is 64.7 Å². The fraction of sp³-hybridized carbons (Fsp3) is 0.417. The van der Waals surface area contributed by atoms with Crippen molar-refractivity contribution >= 4 is 23.4 Å². The number of carbonyl (C=O) groups is 2. The van der Waals surface area contributed by atoms with Gasteiger partial charge in [-0.2, -0.15) is 0 Å². The lowest BCUT2D eigenvalue weighted by Crippen LogP contribution is -2.50. The first-order chi connectivity index (χ1) is 14.5. The Kier molecular flexibility index (Phi) is 9.68. The number of nitrogens with one attached hydrogen (secondary N) is 1. The molecule has 0 aromatic heterocycles. The van der Waals surface area contributed by atoms with Crippen LogP contribution in [0.1, 0.15) is 44.7 Å². The number of halogens is 1. The average molecular weight is 431 g/mol. The normalized spacial score (nSPS) is 11.6. The summed E-state index contributed by atoms with van der Waals surface area (Å²) in [5, 5.41) is 3.46. The number of aryl methyl sites for hydroxylation is 1. The zero-order valence-corrected chi connectivity index (χ0v) is 18.7. The zero-order chi connectivity index (χ0) is 21.9. The van der Waals surface area contributed by atoms with E-state index in [0.29, 0.717) is 23.7 Å². The highest BCUT2D eigenvalue weighted by Gasteiger charge is 2.29. The van der Waals surface area contributed by atoms with Gasteiger partial charge in [0.1, 0.15) is 11.8 Å². The summed E-state index contributed by atoms with van der Waals surface area (Å²) in [7, 11) is 0. The number of hydrogen-bond donors (Lipinski definition) is 1. The van der Waals surface area contributed by atoms with Crippen molar-refractivity contribution in [1.82, 2.24) is 10.2 Å². The standard InChI is InChI=1S/C24H31ClN2O3/c1-4-15-26-24(29)22(6-3)27(16-19-9-7-8-10-21(19)25)23(28)17-30-20-13-11-18(5-2)12-14-20/h7-14,22H,4-6,15-17H2,1-3H3,(H,26,29)/t22-/m1/s1. The summed E-state index contributed by atoms with van der Waals surface area (Å²) in [5.41, 5.74) is 1.99. The largest absolute Gasteiger partial charge is 0.484 e. The Morgan fingerprint density at radius 3 is 2.37 bits per heavy atom. The molecule has 0 saturated carbocycles. The van der Waals surface area contributed by atoms with E-state index >= 15 is 0 Å². The van der Waals surface area contributed by atoms with Crippen LogP contribution >= 0.6 is 11.6 Å². The summed E-state index contributed by atoms with van der Waals surface area (Å²) in [6, 6.07) is 14.4. The minimum atomic E-state index is -0.591. The van der Waals surface area contributed by atoms with Crippen molar-refractivity contribution < 1.29 is 14.3 Å². The highest BCUT2D eigenvalue weighted by Crippen LogP contribution is 2.20. The molecule has 5 nitrogen and oxygen atoms in total. The van der Waals surface area contributed by atoms with Gasteiger partial charge in [-0.1, -0.05) is 62.7 Å². The van der Waals surface area contributed by atoms with E-state index in [-0.39, 0.29) is 25.0 Å². The number of carbonyl (C=O) groups excluding carboxylic acids is 2. The van der Waals surface area contributed by atoms with Crippen molar-refractivity contribution in [2.45, 2.75) is 52.6 Å². The first-order valence-corrected chi connectivity index (χ1v) is 10.9. The van der Waals surface area contributed by atoms with E-state index in [2.05, 4.69) is 12.2 Å². The van der Waals surface area contributed by atoms with E-state index in [0.717, 1.165) is 18.4 Å². The molecule has 0 bridgehead atoms. The molecule has 0 radical (unpaired) electrons. The SMILES string of the molecule is CCCNC(=O)[C@@H](CC)N(Cc1ccccc1Cl)C(=O)COc1ccc(CC)cc1. The monoisotopic (exact) mass is 430 g/mol. The molecule has 6 heteroatoms.